The monoisotopic (exact) mass is 401 g/mol. The van der Waals surface area contributed by atoms with Gasteiger partial charge in [-0.25, -0.2) is 9.78 Å². The summed E-state index contributed by atoms with van der Waals surface area (Å²) in [5.41, 5.74) is 2.54. The lowest BCUT2D eigenvalue weighted by Crippen LogP contribution is -2.21. The molecule has 1 amide bonds. The highest BCUT2D eigenvalue weighted by Crippen LogP contribution is 2.27. The molecule has 0 spiro atoms. The molecular weight excluding hydrogens is 386 g/mol. The van der Waals surface area contributed by atoms with Gasteiger partial charge in [0.2, 0.25) is 0 Å². The van der Waals surface area contributed by atoms with E-state index in [2.05, 4.69) is 15.3 Å². The molecule has 27 heavy (non-hydrogen) atoms. The van der Waals surface area contributed by atoms with Crippen LogP contribution in [-0.4, -0.2) is 28.5 Å². The number of carbonyl (C=O) groups is 2. The number of aryl methyl sites for hydroxylation is 1. The van der Waals surface area contributed by atoms with Crippen molar-refractivity contribution in [2.24, 2.45) is 0 Å². The number of hydrogen-bond donors (Lipinski definition) is 1. The fourth-order valence-corrected chi connectivity index (χ4v) is 3.42. The summed E-state index contributed by atoms with van der Waals surface area (Å²) in [7, 11) is 0. The molecule has 8 heteroatoms. The summed E-state index contributed by atoms with van der Waals surface area (Å²) in [5.74, 6) is -1.04. The standard InChI is InChI=1S/C19H16ClN3O3S/c1-11-13(20)6-5-8-14(11)23-16(24)10-26-19(25)17-12(2)22-18(27-17)15-7-3-4-9-21-15/h3-9H,10H2,1-2H3,(H,23,24). The molecule has 1 aromatic carbocycles. The molecule has 0 aliphatic carbocycles. The van der Waals surface area contributed by atoms with Crippen molar-refractivity contribution >= 4 is 40.5 Å². The molecule has 1 N–H and O–H groups in total. The van der Waals surface area contributed by atoms with Crippen molar-refractivity contribution in [2.75, 3.05) is 11.9 Å². The van der Waals surface area contributed by atoms with E-state index in [9.17, 15) is 9.59 Å². The number of halogens is 1. The van der Waals surface area contributed by atoms with Gasteiger partial charge in [0, 0.05) is 16.9 Å². The van der Waals surface area contributed by atoms with Crippen molar-refractivity contribution in [2.45, 2.75) is 13.8 Å². The van der Waals surface area contributed by atoms with Crippen LogP contribution in [0.5, 0.6) is 0 Å². The molecule has 0 bridgehead atoms. The first kappa shape index (κ1) is 19.0. The van der Waals surface area contributed by atoms with Crippen molar-refractivity contribution in [1.29, 1.82) is 0 Å². The number of benzene rings is 1. The number of nitrogens with zero attached hydrogens (tertiary/aromatic N) is 2. The van der Waals surface area contributed by atoms with E-state index in [1.54, 1.807) is 44.3 Å². The number of hydrogen-bond acceptors (Lipinski definition) is 6. The Hall–Kier alpha value is -2.77. The Balaban J connectivity index is 1.63. The third-order valence-corrected chi connectivity index (χ3v) is 5.31. The van der Waals surface area contributed by atoms with Crippen LogP contribution < -0.4 is 5.32 Å². The fourth-order valence-electron chi connectivity index (χ4n) is 2.31. The highest BCUT2D eigenvalue weighted by Gasteiger charge is 2.19. The summed E-state index contributed by atoms with van der Waals surface area (Å²) in [6.45, 7) is 3.11. The first-order valence-electron chi connectivity index (χ1n) is 8.06. The summed E-state index contributed by atoms with van der Waals surface area (Å²) in [5, 5.41) is 3.85. The number of amides is 1. The third-order valence-electron chi connectivity index (χ3n) is 3.74. The minimum absolute atomic E-state index is 0.349. The number of ether oxygens (including phenoxy) is 1. The number of carbonyl (C=O) groups excluding carboxylic acids is 2. The van der Waals surface area contributed by atoms with Crippen LogP contribution in [-0.2, 0) is 9.53 Å². The normalized spacial score (nSPS) is 10.5. The zero-order chi connectivity index (χ0) is 19.4. The van der Waals surface area contributed by atoms with Gasteiger partial charge >= 0.3 is 5.97 Å². The molecule has 0 aliphatic heterocycles. The molecule has 0 aliphatic rings. The lowest BCUT2D eigenvalue weighted by atomic mass is 10.2. The summed E-state index contributed by atoms with van der Waals surface area (Å²) in [6, 6.07) is 10.7. The van der Waals surface area contributed by atoms with Crippen molar-refractivity contribution in [3.63, 3.8) is 0 Å². The maximum absolute atomic E-state index is 12.3. The predicted molar refractivity (Wildman–Crippen MR) is 105 cm³/mol. The summed E-state index contributed by atoms with van der Waals surface area (Å²) >= 11 is 7.21. The molecule has 0 saturated carbocycles. The van der Waals surface area contributed by atoms with Crippen LogP contribution in [0.2, 0.25) is 5.02 Å². The van der Waals surface area contributed by atoms with E-state index in [0.29, 0.717) is 32.0 Å². The minimum Gasteiger partial charge on any atom is -0.451 e. The van der Waals surface area contributed by atoms with Gasteiger partial charge in [0.1, 0.15) is 9.88 Å². The van der Waals surface area contributed by atoms with Crippen LogP contribution in [0.3, 0.4) is 0 Å². The van der Waals surface area contributed by atoms with E-state index < -0.39 is 18.5 Å². The van der Waals surface area contributed by atoms with E-state index in [1.807, 2.05) is 12.1 Å². The zero-order valence-electron chi connectivity index (χ0n) is 14.7. The maximum atomic E-state index is 12.3. The molecule has 3 rings (SSSR count). The summed E-state index contributed by atoms with van der Waals surface area (Å²) in [4.78, 5) is 33.3. The maximum Gasteiger partial charge on any atom is 0.350 e. The topological polar surface area (TPSA) is 81.2 Å². The Morgan fingerprint density at radius 1 is 1.19 bits per heavy atom. The largest absolute Gasteiger partial charge is 0.451 e. The van der Waals surface area contributed by atoms with Gasteiger partial charge < -0.3 is 10.1 Å². The third kappa shape index (κ3) is 4.50. The molecule has 138 valence electrons. The number of anilines is 1. The van der Waals surface area contributed by atoms with Gasteiger partial charge in [-0.15, -0.1) is 11.3 Å². The van der Waals surface area contributed by atoms with Crippen molar-refractivity contribution in [3.05, 3.63) is 63.8 Å². The summed E-state index contributed by atoms with van der Waals surface area (Å²) < 4.78 is 5.13. The van der Waals surface area contributed by atoms with Crippen LogP contribution >= 0.6 is 22.9 Å². The molecule has 0 radical (unpaired) electrons. The Labute approximate surface area is 165 Å². The molecule has 0 unspecified atom stereocenters. The van der Waals surface area contributed by atoms with Crippen LogP contribution in [0.25, 0.3) is 10.7 Å². The van der Waals surface area contributed by atoms with Gasteiger partial charge in [-0.3, -0.25) is 9.78 Å². The van der Waals surface area contributed by atoms with Crippen molar-refractivity contribution in [3.8, 4) is 10.7 Å². The number of thiazole rings is 1. The smallest absolute Gasteiger partial charge is 0.350 e. The Morgan fingerprint density at radius 2 is 2.00 bits per heavy atom. The van der Waals surface area contributed by atoms with Crippen LogP contribution in [0, 0.1) is 13.8 Å². The second kappa shape index (κ2) is 8.28. The average Bonchev–Trinajstić information content (AvgIpc) is 3.06. The average molecular weight is 402 g/mol. The minimum atomic E-state index is -0.592. The lowest BCUT2D eigenvalue weighted by molar-refractivity contribution is -0.119. The molecule has 2 heterocycles. The Bertz CT molecular complexity index is 989. The second-order valence-corrected chi connectivity index (χ2v) is 7.09. The van der Waals surface area contributed by atoms with Crippen LogP contribution in [0.1, 0.15) is 20.9 Å². The highest BCUT2D eigenvalue weighted by molar-refractivity contribution is 7.17. The molecule has 3 aromatic rings. The molecule has 2 aromatic heterocycles. The van der Waals surface area contributed by atoms with E-state index in [1.165, 1.54) is 11.3 Å². The van der Waals surface area contributed by atoms with E-state index in [-0.39, 0.29) is 0 Å². The van der Waals surface area contributed by atoms with Gasteiger partial charge in [-0.1, -0.05) is 23.7 Å². The van der Waals surface area contributed by atoms with Crippen molar-refractivity contribution in [1.82, 2.24) is 9.97 Å². The molecule has 0 atom stereocenters. The Morgan fingerprint density at radius 3 is 2.74 bits per heavy atom. The number of pyridine rings is 1. The van der Waals surface area contributed by atoms with Crippen molar-refractivity contribution < 1.29 is 14.3 Å². The van der Waals surface area contributed by atoms with E-state index in [0.717, 1.165) is 5.56 Å². The number of aromatic nitrogens is 2. The first-order chi connectivity index (χ1) is 13.0. The van der Waals surface area contributed by atoms with Gasteiger partial charge in [0.25, 0.3) is 5.91 Å². The Kier molecular flexibility index (Phi) is 5.83. The van der Waals surface area contributed by atoms with Gasteiger partial charge in [-0.05, 0) is 43.7 Å². The number of nitrogens with one attached hydrogen (secondary N) is 1. The number of esters is 1. The SMILES string of the molecule is Cc1nc(-c2ccccn2)sc1C(=O)OCC(=O)Nc1cccc(Cl)c1C. The van der Waals surface area contributed by atoms with Crippen LogP contribution in [0.15, 0.2) is 42.6 Å². The fraction of sp³-hybridized carbons (Fsp3) is 0.158. The number of rotatable bonds is 5. The molecular formula is C19H16ClN3O3S. The highest BCUT2D eigenvalue weighted by atomic mass is 35.5. The quantitative estimate of drug-likeness (QED) is 0.645. The predicted octanol–water partition coefficient (Wildman–Crippen LogP) is 4.27. The van der Waals surface area contributed by atoms with Crippen LogP contribution in [0.4, 0.5) is 5.69 Å². The zero-order valence-corrected chi connectivity index (χ0v) is 16.2. The van der Waals surface area contributed by atoms with Gasteiger partial charge in [0.05, 0.1) is 11.4 Å². The van der Waals surface area contributed by atoms with E-state index >= 15 is 0 Å². The second-order valence-electron chi connectivity index (χ2n) is 5.69. The van der Waals surface area contributed by atoms with Gasteiger partial charge in [0.15, 0.2) is 6.61 Å². The first-order valence-corrected chi connectivity index (χ1v) is 9.26. The molecule has 0 saturated heterocycles. The van der Waals surface area contributed by atoms with Gasteiger partial charge in [-0.2, -0.15) is 0 Å². The molecule has 6 nitrogen and oxygen atoms in total. The molecule has 0 fully saturated rings. The summed E-state index contributed by atoms with van der Waals surface area (Å²) in [6.07, 6.45) is 1.66. The van der Waals surface area contributed by atoms with E-state index in [4.69, 9.17) is 16.3 Å². The lowest BCUT2D eigenvalue weighted by Gasteiger charge is -2.09.